The Hall–Kier alpha value is -3.39. The first-order chi connectivity index (χ1) is 13.1. The normalized spacial score (nSPS) is 11.4. The number of halogens is 1. The lowest BCUT2D eigenvalue weighted by atomic mass is 10.1. The van der Waals surface area contributed by atoms with Crippen molar-refractivity contribution in [2.75, 3.05) is 0 Å². The minimum absolute atomic E-state index is 0.185. The van der Waals surface area contributed by atoms with Gasteiger partial charge >= 0.3 is 0 Å². The van der Waals surface area contributed by atoms with Gasteiger partial charge in [-0.25, -0.2) is 4.39 Å². The molecular weight excluding hydrogens is 367 g/mol. The minimum atomic E-state index is -0.307. The van der Waals surface area contributed by atoms with E-state index in [2.05, 4.69) is 15.3 Å². The fraction of sp³-hybridized carbons (Fsp3) is 0.0526. The zero-order valence-corrected chi connectivity index (χ0v) is 14.7. The number of nitrogens with one attached hydrogen (secondary N) is 1. The lowest BCUT2D eigenvalue weighted by molar-refractivity contribution is 0.601. The number of para-hydroxylation sites is 1. The summed E-state index contributed by atoms with van der Waals surface area (Å²) in [6.07, 6.45) is 3.15. The fourth-order valence-corrected chi connectivity index (χ4v) is 2.84. The average molecular weight is 380 g/mol. The van der Waals surface area contributed by atoms with Crippen LogP contribution in [0.25, 0.3) is 11.0 Å². The van der Waals surface area contributed by atoms with E-state index in [1.807, 2.05) is 0 Å². The van der Waals surface area contributed by atoms with Gasteiger partial charge in [0.05, 0.1) is 17.2 Å². The highest BCUT2D eigenvalue weighted by Crippen LogP contribution is 2.11. The predicted molar refractivity (Wildman–Crippen MR) is 102 cm³/mol. The Kier molecular flexibility index (Phi) is 4.47. The molecule has 0 fully saturated rings. The molecule has 0 bridgehead atoms. The molecule has 0 aliphatic carbocycles. The molecule has 6 nitrogen and oxygen atoms in total. The maximum atomic E-state index is 13.1. The van der Waals surface area contributed by atoms with Crippen molar-refractivity contribution < 1.29 is 8.81 Å². The molecule has 2 aromatic carbocycles. The summed E-state index contributed by atoms with van der Waals surface area (Å²) in [6.45, 7) is 0. The highest BCUT2D eigenvalue weighted by molar-refractivity contribution is 7.71. The van der Waals surface area contributed by atoms with Crippen LogP contribution in [0.1, 0.15) is 17.0 Å². The second kappa shape index (κ2) is 7.08. The molecule has 0 spiro atoms. The van der Waals surface area contributed by atoms with E-state index in [0.717, 1.165) is 5.56 Å². The second-order valence-electron chi connectivity index (χ2n) is 5.82. The van der Waals surface area contributed by atoms with E-state index in [9.17, 15) is 9.18 Å². The van der Waals surface area contributed by atoms with Gasteiger partial charge in [0.2, 0.25) is 10.2 Å². The molecule has 2 aromatic heterocycles. The van der Waals surface area contributed by atoms with E-state index in [4.69, 9.17) is 16.6 Å². The molecule has 8 heteroatoms. The summed E-state index contributed by atoms with van der Waals surface area (Å²) in [7, 11) is 0. The number of H-pyrrole nitrogens is 1. The summed E-state index contributed by atoms with van der Waals surface area (Å²) in [5.41, 5.74) is 1.48. The number of nitrogens with zero attached hydrogens (tertiary/aromatic N) is 3. The highest BCUT2D eigenvalue weighted by Gasteiger charge is 2.08. The van der Waals surface area contributed by atoms with E-state index in [-0.39, 0.29) is 16.0 Å². The first kappa shape index (κ1) is 17.0. The number of hydrogen-bond donors (Lipinski definition) is 1. The highest BCUT2D eigenvalue weighted by atomic mass is 32.1. The molecule has 4 rings (SSSR count). The number of hydrogen-bond acceptors (Lipinski definition) is 5. The molecular formula is C19H13FN4O2S. The Morgan fingerprint density at radius 2 is 2.00 bits per heavy atom. The maximum absolute atomic E-state index is 13.1. The fourth-order valence-electron chi connectivity index (χ4n) is 2.64. The summed E-state index contributed by atoms with van der Waals surface area (Å²) in [5.74, 6) is 0.228. The van der Waals surface area contributed by atoms with Gasteiger partial charge in [-0.3, -0.25) is 9.89 Å². The van der Waals surface area contributed by atoms with Crippen LogP contribution in [0.4, 0.5) is 4.39 Å². The van der Waals surface area contributed by atoms with Crippen molar-refractivity contribution in [3.63, 3.8) is 0 Å². The van der Waals surface area contributed by atoms with Gasteiger partial charge < -0.3 is 4.42 Å². The van der Waals surface area contributed by atoms with Crippen LogP contribution in [0, 0.1) is 10.6 Å². The molecule has 0 saturated heterocycles. The molecule has 0 unspecified atom stereocenters. The lowest BCUT2D eigenvalue weighted by Gasteiger charge is -2.02. The largest absolute Gasteiger partial charge is 0.463 e. The molecule has 0 atom stereocenters. The molecule has 2 heterocycles. The first-order valence-electron chi connectivity index (χ1n) is 8.07. The molecule has 134 valence electrons. The molecule has 0 radical (unpaired) electrons. The summed E-state index contributed by atoms with van der Waals surface area (Å²) in [5, 5.41) is 11.6. The van der Waals surface area contributed by atoms with Gasteiger partial charge in [-0.05, 0) is 42.0 Å². The Morgan fingerprint density at radius 3 is 2.81 bits per heavy atom. The summed E-state index contributed by atoms with van der Waals surface area (Å²) >= 11 is 5.20. The third-order valence-electron chi connectivity index (χ3n) is 4.01. The SMILES string of the molecule is O=c1c(/C=N/n2c(Cc3ccc(F)cc3)n[nH]c2=S)coc2ccccc12. The van der Waals surface area contributed by atoms with Crippen molar-refractivity contribution >= 4 is 29.4 Å². The molecule has 1 N–H and O–H groups in total. The van der Waals surface area contributed by atoms with E-state index in [1.54, 1.807) is 36.4 Å². The van der Waals surface area contributed by atoms with Gasteiger partial charge in [0.15, 0.2) is 5.82 Å². The molecule has 27 heavy (non-hydrogen) atoms. The Balaban J connectivity index is 1.68. The van der Waals surface area contributed by atoms with E-state index in [0.29, 0.717) is 28.8 Å². The second-order valence-corrected chi connectivity index (χ2v) is 6.21. The van der Waals surface area contributed by atoms with Gasteiger partial charge in [-0.2, -0.15) is 14.9 Å². The van der Waals surface area contributed by atoms with Crippen molar-refractivity contribution in [2.45, 2.75) is 6.42 Å². The van der Waals surface area contributed by atoms with Crippen LogP contribution in [0.2, 0.25) is 0 Å². The van der Waals surface area contributed by atoms with Gasteiger partial charge in [0.25, 0.3) is 0 Å². The van der Waals surface area contributed by atoms with Crippen LogP contribution in [0.3, 0.4) is 0 Å². The number of fused-ring (bicyclic) bond motifs is 1. The first-order valence-corrected chi connectivity index (χ1v) is 8.48. The zero-order valence-electron chi connectivity index (χ0n) is 13.9. The average Bonchev–Trinajstić information content (AvgIpc) is 3.03. The van der Waals surface area contributed by atoms with Crippen molar-refractivity contribution in [1.82, 2.24) is 14.9 Å². The van der Waals surface area contributed by atoms with Crippen molar-refractivity contribution in [3.8, 4) is 0 Å². The van der Waals surface area contributed by atoms with E-state index in [1.165, 1.54) is 29.3 Å². The van der Waals surface area contributed by atoms with Crippen LogP contribution in [-0.4, -0.2) is 21.1 Å². The van der Waals surface area contributed by atoms with Gasteiger partial charge in [0.1, 0.15) is 17.7 Å². The molecule has 0 aliphatic rings. The number of benzene rings is 2. The van der Waals surface area contributed by atoms with Crippen LogP contribution in [0.5, 0.6) is 0 Å². The van der Waals surface area contributed by atoms with Crippen LogP contribution in [0.15, 0.2) is 69.1 Å². The Morgan fingerprint density at radius 1 is 1.22 bits per heavy atom. The number of aromatic nitrogens is 3. The van der Waals surface area contributed by atoms with Gasteiger partial charge in [-0.15, -0.1) is 0 Å². The zero-order chi connectivity index (χ0) is 18.8. The van der Waals surface area contributed by atoms with Crippen molar-refractivity contribution in [1.29, 1.82) is 0 Å². The number of rotatable bonds is 4. The topological polar surface area (TPSA) is 76.2 Å². The molecule has 0 saturated carbocycles. The van der Waals surface area contributed by atoms with Crippen LogP contribution < -0.4 is 5.43 Å². The van der Waals surface area contributed by atoms with Gasteiger partial charge in [-0.1, -0.05) is 24.3 Å². The summed E-state index contributed by atoms with van der Waals surface area (Å²) in [6, 6.07) is 13.1. The van der Waals surface area contributed by atoms with Crippen molar-refractivity contribution in [2.24, 2.45) is 5.10 Å². The van der Waals surface area contributed by atoms with Crippen molar-refractivity contribution in [3.05, 3.63) is 92.6 Å². The predicted octanol–water partition coefficient (Wildman–Crippen LogP) is 3.66. The lowest BCUT2D eigenvalue weighted by Crippen LogP contribution is -2.09. The van der Waals surface area contributed by atoms with Crippen LogP contribution in [-0.2, 0) is 6.42 Å². The quantitative estimate of drug-likeness (QED) is 0.433. The van der Waals surface area contributed by atoms with E-state index >= 15 is 0 Å². The molecule has 0 aliphatic heterocycles. The molecule has 0 amide bonds. The standard InChI is InChI=1S/C19H13FN4O2S/c20-14-7-5-12(6-8-14)9-17-22-23-19(27)24(17)21-10-13-11-26-16-4-2-1-3-15(16)18(13)25/h1-8,10-11H,9H2,(H,23,27)/b21-10+. The number of aromatic amines is 1. The third-order valence-corrected chi connectivity index (χ3v) is 4.28. The molecule has 4 aromatic rings. The maximum Gasteiger partial charge on any atom is 0.216 e. The van der Waals surface area contributed by atoms with Gasteiger partial charge in [0, 0.05) is 6.42 Å². The summed E-state index contributed by atoms with van der Waals surface area (Å²) in [4.78, 5) is 12.5. The van der Waals surface area contributed by atoms with E-state index < -0.39 is 0 Å². The Labute approximate surface area is 157 Å². The smallest absolute Gasteiger partial charge is 0.216 e. The Bertz CT molecular complexity index is 1260. The minimum Gasteiger partial charge on any atom is -0.463 e. The van der Waals surface area contributed by atoms with Crippen LogP contribution >= 0.6 is 12.2 Å². The monoisotopic (exact) mass is 380 g/mol. The third kappa shape index (κ3) is 3.47. The summed E-state index contributed by atoms with van der Waals surface area (Å²) < 4.78 is 20.2.